The molecule has 0 radical (unpaired) electrons. The number of carbonyl (C=O) groups is 1. The van der Waals surface area contributed by atoms with Crippen molar-refractivity contribution in [3.63, 3.8) is 0 Å². The first-order valence-electron chi connectivity index (χ1n) is 6.83. The molecule has 23 heavy (non-hydrogen) atoms. The first-order chi connectivity index (χ1) is 11.1. The van der Waals surface area contributed by atoms with Crippen LogP contribution in [0.15, 0.2) is 55.1 Å². The lowest BCUT2D eigenvalue weighted by Crippen LogP contribution is -2.12. The highest BCUT2D eigenvalue weighted by molar-refractivity contribution is 6.30. The average Bonchev–Trinajstić information content (AvgIpc) is 2.95. The molecular weight excluding hydrogens is 316 g/mol. The fraction of sp³-hybridized carbons (Fsp3) is 0.0625. The molecule has 0 aliphatic rings. The highest BCUT2D eigenvalue weighted by Crippen LogP contribution is 2.13. The predicted molar refractivity (Wildman–Crippen MR) is 86.6 cm³/mol. The Morgan fingerprint density at radius 3 is 2.87 bits per heavy atom. The summed E-state index contributed by atoms with van der Waals surface area (Å²) in [6.45, 7) is 0.601. The molecule has 1 amide bonds. The topological polar surface area (TPSA) is 80.0 Å². The Morgan fingerprint density at radius 2 is 2.13 bits per heavy atom. The smallest absolute Gasteiger partial charge is 0.258 e. The first-order valence-corrected chi connectivity index (χ1v) is 7.20. The molecule has 0 spiro atoms. The molecule has 6 nitrogen and oxygen atoms in total. The van der Waals surface area contributed by atoms with Crippen molar-refractivity contribution < 1.29 is 9.90 Å². The standard InChI is InChI=1S/C16H13ClN4O2/c17-13-3-1-2-11(6-13)8-21-9-14(19-10-21)20-16(23)12-4-5-15(22)18-7-12/h1-7,9-10H,8H2,(H,18,22)(H,20,23). The van der Waals surface area contributed by atoms with Crippen molar-refractivity contribution in [1.82, 2.24) is 14.5 Å². The number of hydrogen-bond donors (Lipinski definition) is 2. The van der Waals surface area contributed by atoms with E-state index in [9.17, 15) is 4.79 Å². The van der Waals surface area contributed by atoms with E-state index in [0.29, 0.717) is 22.9 Å². The van der Waals surface area contributed by atoms with Crippen LogP contribution in [0.25, 0.3) is 0 Å². The second-order valence-electron chi connectivity index (χ2n) is 4.92. The second-order valence-corrected chi connectivity index (χ2v) is 5.36. The Hall–Kier alpha value is -2.86. The summed E-state index contributed by atoms with van der Waals surface area (Å²) in [5.41, 5.74) is 1.38. The van der Waals surface area contributed by atoms with E-state index in [0.717, 1.165) is 5.56 Å². The van der Waals surface area contributed by atoms with Crippen molar-refractivity contribution in [2.45, 2.75) is 6.54 Å². The number of rotatable bonds is 4. The zero-order chi connectivity index (χ0) is 16.2. The van der Waals surface area contributed by atoms with E-state index in [4.69, 9.17) is 16.7 Å². The fourth-order valence-corrected chi connectivity index (χ4v) is 2.28. The predicted octanol–water partition coefficient (Wildman–Crippen LogP) is 2.94. The first kappa shape index (κ1) is 15.1. The number of benzene rings is 1. The number of amides is 1. The van der Waals surface area contributed by atoms with Crippen LogP contribution in [0.3, 0.4) is 0 Å². The van der Waals surface area contributed by atoms with Crippen molar-refractivity contribution in [3.05, 3.63) is 71.3 Å². The Morgan fingerprint density at radius 1 is 1.26 bits per heavy atom. The van der Waals surface area contributed by atoms with Gasteiger partial charge in [-0.3, -0.25) is 4.79 Å². The number of carbonyl (C=O) groups excluding carboxylic acids is 1. The van der Waals surface area contributed by atoms with Crippen LogP contribution in [0.1, 0.15) is 15.9 Å². The minimum Gasteiger partial charge on any atom is -0.493 e. The van der Waals surface area contributed by atoms with Crippen LogP contribution in [0.5, 0.6) is 5.88 Å². The minimum absolute atomic E-state index is 0.132. The van der Waals surface area contributed by atoms with E-state index in [1.807, 2.05) is 28.8 Å². The number of halogens is 1. The van der Waals surface area contributed by atoms with Crippen LogP contribution in [0, 0.1) is 0 Å². The molecule has 0 fully saturated rings. The lowest BCUT2D eigenvalue weighted by Gasteiger charge is -2.03. The summed E-state index contributed by atoms with van der Waals surface area (Å²) >= 11 is 5.96. The molecule has 0 aliphatic heterocycles. The van der Waals surface area contributed by atoms with Gasteiger partial charge in [-0.25, -0.2) is 9.97 Å². The van der Waals surface area contributed by atoms with Crippen LogP contribution in [0.4, 0.5) is 5.82 Å². The molecule has 0 atom stereocenters. The van der Waals surface area contributed by atoms with E-state index in [1.165, 1.54) is 18.3 Å². The highest BCUT2D eigenvalue weighted by atomic mass is 35.5. The molecule has 1 aromatic carbocycles. The summed E-state index contributed by atoms with van der Waals surface area (Å²) in [6.07, 6.45) is 4.66. The van der Waals surface area contributed by atoms with Gasteiger partial charge in [-0.1, -0.05) is 23.7 Å². The molecule has 3 rings (SSSR count). The summed E-state index contributed by atoms with van der Waals surface area (Å²) in [6, 6.07) is 10.4. The molecule has 0 aliphatic carbocycles. The molecule has 116 valence electrons. The zero-order valence-corrected chi connectivity index (χ0v) is 12.7. The van der Waals surface area contributed by atoms with E-state index < -0.39 is 0 Å². The van der Waals surface area contributed by atoms with Crippen molar-refractivity contribution in [2.75, 3.05) is 5.32 Å². The normalized spacial score (nSPS) is 10.5. The quantitative estimate of drug-likeness (QED) is 0.771. The second kappa shape index (κ2) is 6.50. The van der Waals surface area contributed by atoms with Gasteiger partial charge in [0.05, 0.1) is 11.9 Å². The number of nitrogens with one attached hydrogen (secondary N) is 1. The maximum Gasteiger partial charge on any atom is 0.258 e. The van der Waals surface area contributed by atoms with Crippen LogP contribution < -0.4 is 5.32 Å². The van der Waals surface area contributed by atoms with Gasteiger partial charge in [0.25, 0.3) is 5.91 Å². The average molecular weight is 329 g/mol. The minimum atomic E-state index is -0.342. The monoisotopic (exact) mass is 328 g/mol. The van der Waals surface area contributed by atoms with Crippen molar-refractivity contribution in [2.24, 2.45) is 0 Å². The van der Waals surface area contributed by atoms with Crippen molar-refractivity contribution in [3.8, 4) is 5.88 Å². The Labute approximate surface area is 137 Å². The van der Waals surface area contributed by atoms with Gasteiger partial charge in [0.1, 0.15) is 0 Å². The molecule has 2 N–H and O–H groups in total. The third-order valence-corrected chi connectivity index (χ3v) is 3.37. The van der Waals surface area contributed by atoms with E-state index in [-0.39, 0.29) is 11.8 Å². The van der Waals surface area contributed by atoms with Gasteiger partial charge in [-0.2, -0.15) is 0 Å². The molecular formula is C16H13ClN4O2. The molecule has 2 aromatic heterocycles. The lowest BCUT2D eigenvalue weighted by atomic mass is 10.2. The number of aromatic nitrogens is 3. The molecule has 7 heteroatoms. The van der Waals surface area contributed by atoms with Crippen LogP contribution >= 0.6 is 11.6 Å². The maximum absolute atomic E-state index is 12.0. The van der Waals surface area contributed by atoms with E-state index in [2.05, 4.69) is 15.3 Å². The van der Waals surface area contributed by atoms with Crippen LogP contribution in [0.2, 0.25) is 5.02 Å². The number of anilines is 1. The molecule has 0 saturated heterocycles. The SMILES string of the molecule is O=C(Nc1cn(Cc2cccc(Cl)c2)cn1)c1ccc(O)nc1. The van der Waals surface area contributed by atoms with Gasteiger partial charge in [0, 0.05) is 30.0 Å². The molecule has 0 saturated carbocycles. The van der Waals surface area contributed by atoms with Gasteiger partial charge in [0.2, 0.25) is 5.88 Å². The Bertz CT molecular complexity index is 830. The largest absolute Gasteiger partial charge is 0.493 e. The molecule has 0 unspecified atom stereocenters. The van der Waals surface area contributed by atoms with Gasteiger partial charge < -0.3 is 15.0 Å². The van der Waals surface area contributed by atoms with Gasteiger partial charge in [-0.15, -0.1) is 0 Å². The van der Waals surface area contributed by atoms with Crippen molar-refractivity contribution >= 4 is 23.3 Å². The Balaban J connectivity index is 1.67. The summed E-state index contributed by atoms with van der Waals surface area (Å²) in [5.74, 6) is -0.0389. The van der Waals surface area contributed by atoms with Crippen LogP contribution in [-0.4, -0.2) is 25.5 Å². The zero-order valence-electron chi connectivity index (χ0n) is 12.0. The van der Waals surface area contributed by atoms with Gasteiger partial charge >= 0.3 is 0 Å². The maximum atomic E-state index is 12.0. The molecule has 3 aromatic rings. The van der Waals surface area contributed by atoms with Crippen LogP contribution in [-0.2, 0) is 6.54 Å². The number of nitrogens with zero attached hydrogens (tertiary/aromatic N) is 3. The summed E-state index contributed by atoms with van der Waals surface area (Å²) in [7, 11) is 0. The number of imidazole rings is 1. The summed E-state index contributed by atoms with van der Waals surface area (Å²) < 4.78 is 1.84. The van der Waals surface area contributed by atoms with E-state index >= 15 is 0 Å². The molecule has 0 bridgehead atoms. The molecule has 2 heterocycles. The van der Waals surface area contributed by atoms with Gasteiger partial charge in [0.15, 0.2) is 5.82 Å². The third-order valence-electron chi connectivity index (χ3n) is 3.14. The Kier molecular flexibility index (Phi) is 4.25. The van der Waals surface area contributed by atoms with E-state index in [1.54, 1.807) is 12.5 Å². The number of hydrogen-bond acceptors (Lipinski definition) is 4. The highest BCUT2D eigenvalue weighted by Gasteiger charge is 2.08. The number of pyridine rings is 1. The third kappa shape index (κ3) is 3.87. The lowest BCUT2D eigenvalue weighted by molar-refractivity contribution is 0.102. The van der Waals surface area contributed by atoms with Crippen molar-refractivity contribution in [1.29, 1.82) is 0 Å². The summed E-state index contributed by atoms with van der Waals surface area (Å²) in [4.78, 5) is 19.9. The fourth-order valence-electron chi connectivity index (χ4n) is 2.07. The van der Waals surface area contributed by atoms with Gasteiger partial charge in [-0.05, 0) is 23.8 Å². The summed E-state index contributed by atoms with van der Waals surface area (Å²) in [5, 5.41) is 12.5. The number of aromatic hydroxyl groups is 1.